The summed E-state index contributed by atoms with van der Waals surface area (Å²) in [6.45, 7) is 6.91. The van der Waals surface area contributed by atoms with Gasteiger partial charge in [-0.25, -0.2) is 0 Å². The molecule has 5 heteroatoms. The van der Waals surface area contributed by atoms with Crippen molar-refractivity contribution >= 4 is 29.2 Å². The summed E-state index contributed by atoms with van der Waals surface area (Å²) in [6.07, 6.45) is 4.01. The second-order valence-corrected chi connectivity index (χ2v) is 9.79. The first-order chi connectivity index (χ1) is 16.9. The molecule has 0 saturated carbocycles. The Bertz CT molecular complexity index is 1200. The Morgan fingerprint density at radius 3 is 2.51 bits per heavy atom. The average Bonchev–Trinajstić information content (AvgIpc) is 2.81. The predicted molar refractivity (Wildman–Crippen MR) is 143 cm³/mol. The highest BCUT2D eigenvalue weighted by Crippen LogP contribution is 2.27. The molecule has 1 N–H and O–H groups in total. The molecule has 3 aromatic carbocycles. The molecule has 1 saturated heterocycles. The van der Waals surface area contributed by atoms with Crippen molar-refractivity contribution in [1.82, 2.24) is 4.90 Å². The number of carbonyl (C=O) groups is 1. The van der Waals surface area contributed by atoms with Gasteiger partial charge in [-0.3, -0.25) is 9.69 Å². The Kier molecular flexibility index (Phi) is 8.27. The predicted octanol–water partition coefficient (Wildman–Crippen LogP) is 6.87. The van der Waals surface area contributed by atoms with E-state index in [1.807, 2.05) is 30.3 Å². The molecule has 0 unspecified atom stereocenters. The van der Waals surface area contributed by atoms with Crippen LogP contribution in [0.2, 0.25) is 5.02 Å². The fourth-order valence-electron chi connectivity index (χ4n) is 4.30. The molecule has 0 aromatic heterocycles. The lowest BCUT2D eigenvalue weighted by Crippen LogP contribution is -2.49. The van der Waals surface area contributed by atoms with Crippen LogP contribution in [0.15, 0.2) is 66.7 Å². The number of allylic oxidation sites excluding steroid dienone is 1. The van der Waals surface area contributed by atoms with Crippen LogP contribution in [-0.2, 0) is 11.3 Å². The molecule has 0 bridgehead atoms. The van der Waals surface area contributed by atoms with Crippen LogP contribution in [0.5, 0.6) is 5.75 Å². The van der Waals surface area contributed by atoms with E-state index in [4.69, 9.17) is 21.4 Å². The molecular formula is C30H32ClNO3. The quantitative estimate of drug-likeness (QED) is 0.249. The first kappa shape index (κ1) is 25.0. The molecule has 0 aliphatic carbocycles. The highest BCUT2D eigenvalue weighted by atomic mass is 35.5. The Morgan fingerprint density at radius 1 is 1.06 bits per heavy atom. The molecule has 0 amide bonds. The summed E-state index contributed by atoms with van der Waals surface area (Å²) in [4.78, 5) is 13.1. The second-order valence-electron chi connectivity index (χ2n) is 9.35. The molecule has 1 heterocycles. The minimum Gasteiger partial charge on any atom is -0.494 e. The Labute approximate surface area is 212 Å². The van der Waals surface area contributed by atoms with Crippen molar-refractivity contribution in [2.24, 2.45) is 5.92 Å². The summed E-state index contributed by atoms with van der Waals surface area (Å²) in [6, 6.07) is 22.7. The Hall–Kier alpha value is -3.08. The monoisotopic (exact) mass is 489 g/mol. The molecular weight excluding hydrogens is 458 g/mol. The van der Waals surface area contributed by atoms with Gasteiger partial charge >= 0.3 is 5.97 Å². The van der Waals surface area contributed by atoms with Gasteiger partial charge in [-0.2, -0.15) is 0 Å². The van der Waals surface area contributed by atoms with E-state index >= 15 is 0 Å². The minimum absolute atomic E-state index is 0.224. The molecule has 0 atom stereocenters. The Morgan fingerprint density at radius 2 is 1.83 bits per heavy atom. The molecule has 1 fully saturated rings. The average molecular weight is 490 g/mol. The molecule has 0 radical (unpaired) electrons. The van der Waals surface area contributed by atoms with Gasteiger partial charge in [0.15, 0.2) is 0 Å². The maximum Gasteiger partial charge on any atom is 0.309 e. The number of ether oxygens (including phenoxy) is 1. The fourth-order valence-corrected chi connectivity index (χ4v) is 4.49. The lowest BCUT2D eigenvalue weighted by Gasteiger charge is -2.36. The summed E-state index contributed by atoms with van der Waals surface area (Å²) >= 11 is 6.28. The van der Waals surface area contributed by atoms with Crippen molar-refractivity contribution in [2.45, 2.75) is 33.2 Å². The van der Waals surface area contributed by atoms with Crippen LogP contribution in [0.1, 0.15) is 40.7 Å². The second kappa shape index (κ2) is 11.6. The summed E-state index contributed by atoms with van der Waals surface area (Å²) in [7, 11) is 0. The zero-order chi connectivity index (χ0) is 24.8. The van der Waals surface area contributed by atoms with Crippen LogP contribution < -0.4 is 4.74 Å². The van der Waals surface area contributed by atoms with Crippen molar-refractivity contribution in [3.63, 3.8) is 0 Å². The van der Waals surface area contributed by atoms with Gasteiger partial charge in [0.1, 0.15) is 5.75 Å². The molecule has 1 aliphatic rings. The summed E-state index contributed by atoms with van der Waals surface area (Å²) in [5, 5.41) is 9.75. The normalized spacial score (nSPS) is 14.5. The van der Waals surface area contributed by atoms with E-state index in [0.717, 1.165) is 35.7 Å². The number of likely N-dealkylation sites (tertiary alicyclic amines) is 1. The van der Waals surface area contributed by atoms with E-state index < -0.39 is 5.97 Å². The number of hydrogen-bond donors (Lipinski definition) is 1. The van der Waals surface area contributed by atoms with E-state index in [9.17, 15) is 4.79 Å². The van der Waals surface area contributed by atoms with Crippen LogP contribution in [-0.4, -0.2) is 35.7 Å². The van der Waals surface area contributed by atoms with Crippen LogP contribution in [0.4, 0.5) is 0 Å². The fraction of sp³-hybridized carbons (Fsp3) is 0.300. The smallest absolute Gasteiger partial charge is 0.309 e. The van der Waals surface area contributed by atoms with Gasteiger partial charge in [-0.1, -0.05) is 60.1 Å². The van der Waals surface area contributed by atoms with Crippen molar-refractivity contribution in [3.8, 4) is 5.75 Å². The molecule has 35 heavy (non-hydrogen) atoms. The number of aryl methyl sites for hydroxylation is 2. The van der Waals surface area contributed by atoms with Crippen LogP contribution >= 0.6 is 11.6 Å². The number of rotatable bonds is 10. The molecule has 182 valence electrons. The number of carboxylic acids is 1. The lowest BCUT2D eigenvalue weighted by atomic mass is 9.97. The van der Waals surface area contributed by atoms with Gasteiger partial charge in [0.2, 0.25) is 0 Å². The van der Waals surface area contributed by atoms with E-state index in [-0.39, 0.29) is 5.92 Å². The number of halogens is 1. The van der Waals surface area contributed by atoms with Gasteiger partial charge in [0.25, 0.3) is 0 Å². The maximum absolute atomic E-state index is 11.0. The zero-order valence-electron chi connectivity index (χ0n) is 20.3. The van der Waals surface area contributed by atoms with E-state index in [1.165, 1.54) is 27.8 Å². The largest absolute Gasteiger partial charge is 0.494 e. The van der Waals surface area contributed by atoms with Gasteiger partial charge in [0, 0.05) is 24.7 Å². The standard InChI is InChI=1S/C30H32ClNO3/c1-21-8-9-24(15-22(21)2)16-25(26-5-3-7-28(31)17-26)6-4-14-35-29-12-10-23(11-13-29)18-32-19-27(20-32)30(33)34/h3,5,7-13,15-17,27H,4,6,14,18-20H2,1-2H3,(H,33,34). The van der Waals surface area contributed by atoms with Crippen molar-refractivity contribution in [2.75, 3.05) is 19.7 Å². The third-order valence-corrected chi connectivity index (χ3v) is 6.80. The van der Waals surface area contributed by atoms with Crippen LogP contribution in [0.25, 0.3) is 11.6 Å². The Balaban J connectivity index is 1.32. The number of benzene rings is 3. The SMILES string of the molecule is Cc1ccc(C=C(CCCOc2ccc(CN3CC(C(=O)O)C3)cc2)c2cccc(Cl)c2)cc1C. The van der Waals surface area contributed by atoms with Crippen molar-refractivity contribution in [1.29, 1.82) is 0 Å². The van der Waals surface area contributed by atoms with Gasteiger partial charge in [-0.05, 0) is 84.3 Å². The first-order valence-electron chi connectivity index (χ1n) is 12.1. The van der Waals surface area contributed by atoms with Crippen molar-refractivity contribution < 1.29 is 14.6 Å². The molecule has 0 spiro atoms. The molecule has 3 aromatic rings. The maximum atomic E-state index is 11.0. The van der Waals surface area contributed by atoms with Gasteiger partial charge < -0.3 is 9.84 Å². The highest BCUT2D eigenvalue weighted by Gasteiger charge is 2.32. The van der Waals surface area contributed by atoms with Gasteiger partial charge in [0.05, 0.1) is 12.5 Å². The highest BCUT2D eigenvalue weighted by molar-refractivity contribution is 6.30. The number of carboxylic acid groups (broad SMARTS) is 1. The van der Waals surface area contributed by atoms with E-state index in [2.05, 4.69) is 61.2 Å². The third-order valence-electron chi connectivity index (χ3n) is 6.56. The summed E-state index contributed by atoms with van der Waals surface area (Å²) < 4.78 is 6.01. The van der Waals surface area contributed by atoms with E-state index in [1.54, 1.807) is 0 Å². The third kappa shape index (κ3) is 6.97. The summed E-state index contributed by atoms with van der Waals surface area (Å²) in [5.41, 5.74) is 7.31. The number of nitrogens with zero attached hydrogens (tertiary/aromatic N) is 1. The minimum atomic E-state index is -0.702. The first-order valence-corrected chi connectivity index (χ1v) is 12.5. The molecule has 4 nitrogen and oxygen atoms in total. The van der Waals surface area contributed by atoms with Gasteiger partial charge in [-0.15, -0.1) is 0 Å². The number of aliphatic carboxylic acids is 1. The number of hydrogen-bond acceptors (Lipinski definition) is 3. The zero-order valence-corrected chi connectivity index (χ0v) is 21.1. The van der Waals surface area contributed by atoms with Crippen LogP contribution in [0, 0.1) is 19.8 Å². The summed E-state index contributed by atoms with van der Waals surface area (Å²) in [5.74, 6) is -0.0750. The topological polar surface area (TPSA) is 49.8 Å². The lowest BCUT2D eigenvalue weighted by molar-refractivity contribution is -0.147. The van der Waals surface area contributed by atoms with E-state index in [0.29, 0.717) is 19.7 Å². The van der Waals surface area contributed by atoms with Crippen molar-refractivity contribution in [3.05, 3.63) is 99.6 Å². The molecule has 1 aliphatic heterocycles. The molecule has 4 rings (SSSR count). The van der Waals surface area contributed by atoms with Crippen LogP contribution in [0.3, 0.4) is 0 Å².